The maximum absolute atomic E-state index is 6.43. The number of aromatic nitrogens is 1. The average molecular weight is 881 g/mol. The summed E-state index contributed by atoms with van der Waals surface area (Å²) in [6.45, 7) is 0. The molecule has 324 valence electrons. The zero-order chi connectivity index (χ0) is 45.7. The Bertz CT molecular complexity index is 3960. The fraction of sp³-hybridized carbons (Fsp3) is 0. The Labute approximate surface area is 401 Å². The van der Waals surface area contributed by atoms with Crippen molar-refractivity contribution < 1.29 is 4.42 Å². The van der Waals surface area contributed by atoms with E-state index in [1.165, 1.54) is 55.2 Å². The Morgan fingerprint density at radius 3 is 1.38 bits per heavy atom. The van der Waals surface area contributed by atoms with Gasteiger partial charge in [0.05, 0.1) is 16.7 Å². The minimum absolute atomic E-state index is 0.903. The topological polar surface area (TPSA) is 21.3 Å². The quantitative estimate of drug-likeness (QED) is 0.144. The molecule has 0 aliphatic rings. The smallest absolute Gasteiger partial charge is 0.143 e. The third kappa shape index (κ3) is 7.16. The average Bonchev–Trinajstić information content (AvgIpc) is 3.98. The van der Waals surface area contributed by atoms with Crippen LogP contribution in [0.2, 0.25) is 0 Å². The first-order valence-electron chi connectivity index (χ1n) is 23.6. The number of para-hydroxylation sites is 4. The second kappa shape index (κ2) is 16.9. The lowest BCUT2D eigenvalue weighted by atomic mass is 9.98. The van der Waals surface area contributed by atoms with Gasteiger partial charge in [-0.25, -0.2) is 0 Å². The number of rotatable bonds is 9. The number of anilines is 3. The molecule has 0 aliphatic heterocycles. The van der Waals surface area contributed by atoms with Crippen molar-refractivity contribution in [3.05, 3.63) is 267 Å². The van der Waals surface area contributed by atoms with Crippen LogP contribution in [-0.4, -0.2) is 4.57 Å². The Morgan fingerprint density at radius 2 is 0.710 bits per heavy atom. The summed E-state index contributed by atoms with van der Waals surface area (Å²) in [6.07, 6.45) is 0. The molecule has 3 nitrogen and oxygen atoms in total. The molecule has 0 spiro atoms. The van der Waals surface area contributed by atoms with Gasteiger partial charge >= 0.3 is 0 Å². The van der Waals surface area contributed by atoms with Crippen LogP contribution in [0.15, 0.2) is 271 Å². The minimum atomic E-state index is 0.903. The normalized spacial score (nSPS) is 11.5. The number of fused-ring (bicyclic) bond motifs is 6. The second-order valence-electron chi connectivity index (χ2n) is 17.7. The molecular weight excluding hydrogens is 837 g/mol. The monoisotopic (exact) mass is 880 g/mol. The number of hydrogen-bond donors (Lipinski definition) is 0. The molecule has 2 heterocycles. The van der Waals surface area contributed by atoms with E-state index >= 15 is 0 Å². The molecular formula is C66H44N2O. The van der Waals surface area contributed by atoms with E-state index in [9.17, 15) is 0 Å². The van der Waals surface area contributed by atoms with Crippen molar-refractivity contribution in [2.75, 3.05) is 4.90 Å². The van der Waals surface area contributed by atoms with Crippen molar-refractivity contribution in [3.8, 4) is 61.3 Å². The van der Waals surface area contributed by atoms with Crippen LogP contribution in [0.5, 0.6) is 0 Å². The van der Waals surface area contributed by atoms with Crippen molar-refractivity contribution in [2.24, 2.45) is 0 Å². The summed E-state index contributed by atoms with van der Waals surface area (Å²) in [5.74, 6) is 0. The number of hydrogen-bond acceptors (Lipinski definition) is 2. The SMILES string of the molecule is c1ccc(-c2ccc(N(c3ccc(-c4ccc(-c5ccccc5-n5c6ccccc6c6ccc(-c7ccccc7)cc65)cc4)cc3)c3ccc(-c4cccc5c4oc4ccccc45)cc3)cc2)cc1. The zero-order valence-corrected chi connectivity index (χ0v) is 37.7. The number of nitrogens with zero attached hydrogens (tertiary/aromatic N) is 2. The van der Waals surface area contributed by atoms with E-state index < -0.39 is 0 Å². The summed E-state index contributed by atoms with van der Waals surface area (Å²) in [7, 11) is 0. The van der Waals surface area contributed by atoms with Crippen LogP contribution in [0.3, 0.4) is 0 Å². The van der Waals surface area contributed by atoms with Gasteiger partial charge in [0.25, 0.3) is 0 Å². The summed E-state index contributed by atoms with van der Waals surface area (Å²) in [5.41, 5.74) is 20.2. The fourth-order valence-electron chi connectivity index (χ4n) is 10.2. The molecule has 0 fully saturated rings. The zero-order valence-electron chi connectivity index (χ0n) is 37.7. The third-order valence-electron chi connectivity index (χ3n) is 13.7. The summed E-state index contributed by atoms with van der Waals surface area (Å²) < 4.78 is 8.87. The van der Waals surface area contributed by atoms with Gasteiger partial charge in [-0.05, 0) is 105 Å². The van der Waals surface area contributed by atoms with Crippen molar-refractivity contribution in [1.29, 1.82) is 0 Å². The lowest BCUT2D eigenvalue weighted by Crippen LogP contribution is -2.09. The van der Waals surface area contributed by atoms with Crippen molar-refractivity contribution in [1.82, 2.24) is 4.57 Å². The lowest BCUT2D eigenvalue weighted by Gasteiger charge is -2.26. The van der Waals surface area contributed by atoms with Crippen molar-refractivity contribution >= 4 is 60.8 Å². The molecule has 13 aromatic rings. The molecule has 11 aromatic carbocycles. The Balaban J connectivity index is 0.840. The molecule has 69 heavy (non-hydrogen) atoms. The molecule has 0 N–H and O–H groups in total. The first-order valence-corrected chi connectivity index (χ1v) is 23.6. The minimum Gasteiger partial charge on any atom is -0.455 e. The number of furan rings is 1. The van der Waals surface area contributed by atoms with E-state index in [1.807, 2.05) is 12.1 Å². The van der Waals surface area contributed by atoms with Gasteiger partial charge in [-0.2, -0.15) is 0 Å². The number of benzene rings is 11. The molecule has 0 saturated heterocycles. The maximum atomic E-state index is 6.43. The molecule has 0 atom stereocenters. The van der Waals surface area contributed by atoms with Gasteiger partial charge in [-0.15, -0.1) is 0 Å². The highest BCUT2D eigenvalue weighted by Gasteiger charge is 2.19. The van der Waals surface area contributed by atoms with E-state index in [-0.39, 0.29) is 0 Å². The van der Waals surface area contributed by atoms with Crippen LogP contribution in [0, 0.1) is 0 Å². The van der Waals surface area contributed by atoms with E-state index in [0.717, 1.165) is 66.9 Å². The van der Waals surface area contributed by atoms with Crippen LogP contribution < -0.4 is 4.90 Å². The van der Waals surface area contributed by atoms with Gasteiger partial charge in [-0.3, -0.25) is 0 Å². The molecule has 0 unspecified atom stereocenters. The van der Waals surface area contributed by atoms with Gasteiger partial charge in [-0.1, -0.05) is 206 Å². The van der Waals surface area contributed by atoms with Crippen LogP contribution in [0.4, 0.5) is 17.1 Å². The first-order chi connectivity index (χ1) is 34.2. The summed E-state index contributed by atoms with van der Waals surface area (Å²) in [6, 6.07) is 96.0. The van der Waals surface area contributed by atoms with Gasteiger partial charge in [0.1, 0.15) is 11.2 Å². The summed E-state index contributed by atoms with van der Waals surface area (Å²) in [4.78, 5) is 2.33. The van der Waals surface area contributed by atoms with Crippen LogP contribution in [0.1, 0.15) is 0 Å². The van der Waals surface area contributed by atoms with Crippen LogP contribution in [-0.2, 0) is 0 Å². The second-order valence-corrected chi connectivity index (χ2v) is 17.7. The van der Waals surface area contributed by atoms with Crippen molar-refractivity contribution in [2.45, 2.75) is 0 Å². The van der Waals surface area contributed by atoms with Crippen LogP contribution in [0.25, 0.3) is 105 Å². The van der Waals surface area contributed by atoms with Gasteiger partial charge < -0.3 is 13.9 Å². The van der Waals surface area contributed by atoms with Gasteiger partial charge in [0.2, 0.25) is 0 Å². The van der Waals surface area contributed by atoms with E-state index in [2.05, 4.69) is 264 Å². The highest BCUT2D eigenvalue weighted by molar-refractivity contribution is 6.11. The standard InChI is InChI=1S/C66H44N2O/c1-3-14-45(15-4-1)48-30-37-53(38-31-48)67(55-41-34-51(35-42-55)57-21-13-22-61-60-20-9-12-25-65(60)69-66(57)61)54-39-32-49(33-40-54)47-26-28-50(29-27-47)56-18-7-10-23-62(56)68-63-24-11-8-19-58(63)59-43-36-52(44-64(59)68)46-16-5-2-6-17-46/h1-44H. The van der Waals surface area contributed by atoms with Gasteiger partial charge in [0.15, 0.2) is 0 Å². The van der Waals surface area contributed by atoms with Crippen molar-refractivity contribution in [3.63, 3.8) is 0 Å². The summed E-state index contributed by atoms with van der Waals surface area (Å²) in [5, 5.41) is 4.76. The third-order valence-corrected chi connectivity index (χ3v) is 13.7. The maximum Gasteiger partial charge on any atom is 0.143 e. The molecule has 2 aromatic heterocycles. The first kappa shape index (κ1) is 40.1. The highest BCUT2D eigenvalue weighted by Crippen LogP contribution is 2.42. The Kier molecular flexibility index (Phi) is 9.84. The highest BCUT2D eigenvalue weighted by atomic mass is 16.3. The summed E-state index contributed by atoms with van der Waals surface area (Å²) >= 11 is 0. The molecule has 0 amide bonds. The molecule has 0 saturated carbocycles. The molecule has 0 aliphatic carbocycles. The Hall–Kier alpha value is -9.18. The van der Waals surface area contributed by atoms with E-state index in [1.54, 1.807) is 0 Å². The lowest BCUT2D eigenvalue weighted by molar-refractivity contribution is 0.670. The predicted octanol–water partition coefficient (Wildman–Crippen LogP) is 18.5. The van der Waals surface area contributed by atoms with Crippen LogP contribution >= 0.6 is 0 Å². The molecule has 3 heteroatoms. The fourth-order valence-corrected chi connectivity index (χ4v) is 10.2. The molecule has 13 rings (SSSR count). The predicted molar refractivity (Wildman–Crippen MR) is 290 cm³/mol. The molecule has 0 bridgehead atoms. The Morgan fingerprint density at radius 1 is 0.275 bits per heavy atom. The van der Waals surface area contributed by atoms with Gasteiger partial charge in [0, 0.05) is 49.7 Å². The van der Waals surface area contributed by atoms with E-state index in [4.69, 9.17) is 4.42 Å². The van der Waals surface area contributed by atoms with E-state index in [0.29, 0.717) is 0 Å². The largest absolute Gasteiger partial charge is 0.455 e. The molecule has 0 radical (unpaired) electrons.